The van der Waals surface area contributed by atoms with Gasteiger partial charge in [-0.15, -0.1) is 0 Å². The first-order valence-electron chi connectivity index (χ1n) is 29.4. The molecule has 1 saturated carbocycles. The van der Waals surface area contributed by atoms with Gasteiger partial charge in [0.1, 0.15) is 60.5 Å². The number of ether oxygens (including phenoxy) is 11. The number of aliphatic hydroxyl groups excluding tert-OH is 6. The van der Waals surface area contributed by atoms with Gasteiger partial charge in [-0.3, -0.25) is 38.4 Å². The van der Waals surface area contributed by atoms with Crippen molar-refractivity contribution in [1.29, 1.82) is 0 Å². The number of hydrogen-bond donors (Lipinski definition) is 14. The SMILES string of the molecule is CNC(=O)CCOC1CC(OCCC(=O)NC(COCCC(=O)NCCOC[C@H]2OC[C@@H](NC(C)=O)[C@@H](O)[C@H]2O)(COCCC(=O)NCCOC[C@H]2OC[C@@H](NC(C)=O)[C@@H](O)[C@H]2O)COCCC(=O)NCCOC[C@H]2OC[C@@H](NC(C)=O)[C@@H](O)[C@H]2O)C1. The highest BCUT2D eigenvalue weighted by Crippen LogP contribution is 2.27. The molecule has 3 heterocycles. The third-order valence-corrected chi connectivity index (χ3v) is 14.3. The zero-order valence-electron chi connectivity index (χ0n) is 50.1. The standard InChI is InChI=1S/C54H94N8O25/c1-32(63)59-37-23-85-40(51(74)48(37)71)26-77-18-10-56-44(67)5-13-80-29-54(62-47(70)9-17-84-36-21-35(22-36)83-16-8-43(66)55-4,30-81-14-6-45(68)57-11-19-78-27-41-52(75)49(72)38(24-86-41)60-33(2)64)31-82-15-7-46(69)58-12-20-79-28-42-53(76)50(73)39(25-87-42)61-34(3)65/h35-42,48-53,71-76H,5-31H2,1-4H3,(H,55,66)(H,56,67)(H,57,68)(H,58,69)(H,59,63)(H,60,64)(H,61,65)(H,62,70)/t35?,36?,37-,38-,39-,40-,41-,42-,48-,49-,50-,51+,52+,53+/m1/s1. The molecule has 87 heavy (non-hydrogen) atoms. The van der Waals surface area contributed by atoms with Gasteiger partial charge >= 0.3 is 0 Å². The summed E-state index contributed by atoms with van der Waals surface area (Å²) in [6, 6.07) is -2.36. The molecule has 0 aromatic carbocycles. The van der Waals surface area contributed by atoms with Crippen LogP contribution in [0.5, 0.6) is 0 Å². The third-order valence-electron chi connectivity index (χ3n) is 14.3. The monoisotopic (exact) mass is 1250 g/mol. The van der Waals surface area contributed by atoms with Crippen LogP contribution in [0.2, 0.25) is 0 Å². The summed E-state index contributed by atoms with van der Waals surface area (Å²) in [5, 5.41) is 83.6. The Morgan fingerprint density at radius 2 is 0.724 bits per heavy atom. The van der Waals surface area contributed by atoms with Crippen molar-refractivity contribution >= 4 is 47.3 Å². The first-order valence-corrected chi connectivity index (χ1v) is 29.4. The average molecular weight is 1260 g/mol. The maximum atomic E-state index is 13.7. The first-order chi connectivity index (χ1) is 41.6. The predicted octanol–water partition coefficient (Wildman–Crippen LogP) is -7.57. The zero-order valence-corrected chi connectivity index (χ0v) is 50.1. The van der Waals surface area contributed by atoms with Crippen LogP contribution < -0.4 is 42.5 Å². The van der Waals surface area contributed by atoms with Gasteiger partial charge in [0.2, 0.25) is 47.3 Å². The second-order valence-corrected chi connectivity index (χ2v) is 21.6. The normalized spacial score (nSPS) is 27.2. The zero-order chi connectivity index (χ0) is 63.7. The molecule has 0 spiro atoms. The summed E-state index contributed by atoms with van der Waals surface area (Å²) in [6.45, 7) is 2.64. The van der Waals surface area contributed by atoms with Crippen LogP contribution in [0.4, 0.5) is 0 Å². The van der Waals surface area contributed by atoms with E-state index in [0.717, 1.165) is 0 Å². The van der Waals surface area contributed by atoms with Crippen LogP contribution in [-0.2, 0) is 90.5 Å². The van der Waals surface area contributed by atoms with Gasteiger partial charge < -0.3 is 125 Å². The molecular weight excluding hydrogens is 1160 g/mol. The molecule has 4 rings (SSSR count). The van der Waals surface area contributed by atoms with E-state index in [0.29, 0.717) is 12.8 Å². The number of nitrogens with one attached hydrogen (secondary N) is 8. The highest BCUT2D eigenvalue weighted by atomic mass is 16.6. The summed E-state index contributed by atoms with van der Waals surface area (Å²) in [7, 11) is 1.54. The van der Waals surface area contributed by atoms with Gasteiger partial charge in [-0.2, -0.15) is 0 Å². The highest BCUT2D eigenvalue weighted by Gasteiger charge is 2.42. The van der Waals surface area contributed by atoms with Gasteiger partial charge in [0.15, 0.2) is 0 Å². The lowest BCUT2D eigenvalue weighted by molar-refractivity contribution is -0.169. The Morgan fingerprint density at radius 1 is 0.414 bits per heavy atom. The number of carbonyl (C=O) groups is 8. The van der Waals surface area contributed by atoms with E-state index in [4.69, 9.17) is 52.1 Å². The lowest BCUT2D eigenvalue weighted by Crippen LogP contribution is -2.59. The largest absolute Gasteiger partial charge is 0.388 e. The summed E-state index contributed by atoms with van der Waals surface area (Å²) in [4.78, 5) is 98.2. The van der Waals surface area contributed by atoms with E-state index in [9.17, 15) is 69.0 Å². The van der Waals surface area contributed by atoms with Gasteiger partial charge in [-0.25, -0.2) is 0 Å². The van der Waals surface area contributed by atoms with Crippen LogP contribution in [0, 0.1) is 0 Å². The Kier molecular flexibility index (Phi) is 34.8. The quantitative estimate of drug-likeness (QED) is 0.0253. The number of amides is 8. The molecule has 3 aliphatic heterocycles. The molecule has 0 radical (unpaired) electrons. The molecule has 8 amide bonds. The van der Waals surface area contributed by atoms with Crippen molar-refractivity contribution in [1.82, 2.24) is 42.5 Å². The molecule has 0 unspecified atom stereocenters. The van der Waals surface area contributed by atoms with Crippen LogP contribution in [0.15, 0.2) is 0 Å². The average Bonchev–Trinajstić information content (AvgIpc) is 2.18. The molecule has 33 nitrogen and oxygen atoms in total. The van der Waals surface area contributed by atoms with Gasteiger partial charge in [0.25, 0.3) is 0 Å². The Bertz CT molecular complexity index is 1920. The molecule has 12 atom stereocenters. The molecule has 0 aromatic rings. The number of hydrogen-bond acceptors (Lipinski definition) is 25. The number of aliphatic hydroxyl groups is 6. The van der Waals surface area contributed by atoms with Crippen molar-refractivity contribution in [3.05, 3.63) is 0 Å². The van der Waals surface area contributed by atoms with Crippen LogP contribution in [0.25, 0.3) is 0 Å². The Morgan fingerprint density at radius 3 is 1.03 bits per heavy atom. The lowest BCUT2D eigenvalue weighted by Gasteiger charge is -2.37. The van der Waals surface area contributed by atoms with E-state index in [1.807, 2.05) is 0 Å². The maximum Gasteiger partial charge on any atom is 0.222 e. The van der Waals surface area contributed by atoms with Crippen LogP contribution in [0.3, 0.4) is 0 Å². The molecule has 33 heteroatoms. The fourth-order valence-corrected chi connectivity index (χ4v) is 9.34. The van der Waals surface area contributed by atoms with Crippen molar-refractivity contribution in [2.45, 2.75) is 157 Å². The molecule has 3 saturated heterocycles. The summed E-state index contributed by atoms with van der Waals surface area (Å²) in [5.41, 5.74) is -1.47. The highest BCUT2D eigenvalue weighted by molar-refractivity contribution is 5.78. The maximum absolute atomic E-state index is 13.7. The molecule has 0 aromatic heterocycles. The molecule has 0 bridgehead atoms. The molecule has 4 fully saturated rings. The molecule has 500 valence electrons. The second-order valence-electron chi connectivity index (χ2n) is 21.6. The fourth-order valence-electron chi connectivity index (χ4n) is 9.34. The van der Waals surface area contributed by atoms with E-state index in [1.165, 1.54) is 20.8 Å². The second kappa shape index (κ2) is 40.7. The van der Waals surface area contributed by atoms with Crippen LogP contribution in [0.1, 0.15) is 65.7 Å². The first kappa shape index (κ1) is 74.5. The summed E-state index contributed by atoms with van der Waals surface area (Å²) in [6.07, 6.45) is -9.90. The van der Waals surface area contributed by atoms with Gasteiger partial charge in [-0.05, 0) is 12.8 Å². The number of rotatable bonds is 42. The Labute approximate surface area is 505 Å². The van der Waals surface area contributed by atoms with Crippen molar-refractivity contribution in [3.63, 3.8) is 0 Å². The lowest BCUT2D eigenvalue weighted by atomic mass is 9.92. The topological polar surface area (TPSA) is 456 Å². The predicted molar refractivity (Wildman–Crippen MR) is 299 cm³/mol. The summed E-state index contributed by atoms with van der Waals surface area (Å²) in [5.74, 6) is -3.07. The van der Waals surface area contributed by atoms with E-state index in [1.54, 1.807) is 7.05 Å². The smallest absolute Gasteiger partial charge is 0.222 e. The van der Waals surface area contributed by atoms with Crippen molar-refractivity contribution in [2.24, 2.45) is 0 Å². The van der Waals surface area contributed by atoms with Crippen molar-refractivity contribution in [3.8, 4) is 0 Å². The minimum Gasteiger partial charge on any atom is -0.388 e. The van der Waals surface area contributed by atoms with Crippen LogP contribution >= 0.6 is 0 Å². The Hall–Kier alpha value is -4.92. The molecule has 1 aliphatic carbocycles. The summed E-state index contributed by atoms with van der Waals surface area (Å²) < 4.78 is 63.0. The number of carbonyl (C=O) groups excluding carboxylic acids is 8. The Balaban J connectivity index is 1.30. The van der Waals surface area contributed by atoms with Gasteiger partial charge in [0.05, 0.1) is 143 Å². The summed E-state index contributed by atoms with van der Waals surface area (Å²) >= 11 is 0. The minimum atomic E-state index is -1.47. The van der Waals surface area contributed by atoms with E-state index < -0.39 is 120 Å². The minimum absolute atomic E-state index is 0.0235. The molecule has 4 aliphatic rings. The molecular formula is C54H94N8O25. The van der Waals surface area contributed by atoms with E-state index >= 15 is 0 Å². The van der Waals surface area contributed by atoms with Gasteiger partial charge in [0, 0.05) is 79.6 Å². The third kappa shape index (κ3) is 28.6. The molecule has 14 N–H and O–H groups in total. The van der Waals surface area contributed by atoms with Crippen molar-refractivity contribution in [2.75, 3.05) is 139 Å². The van der Waals surface area contributed by atoms with E-state index in [2.05, 4.69) is 42.5 Å². The van der Waals surface area contributed by atoms with Crippen LogP contribution in [-0.4, -0.2) is 308 Å². The van der Waals surface area contributed by atoms with Crippen molar-refractivity contribution < 1.29 is 121 Å². The van der Waals surface area contributed by atoms with Gasteiger partial charge in [-0.1, -0.05) is 0 Å². The van der Waals surface area contributed by atoms with E-state index in [-0.39, 0.29) is 182 Å². The fraction of sp³-hybridized carbons (Fsp3) is 0.852.